The highest BCUT2D eigenvalue weighted by Gasteiger charge is 2.27. The third-order valence-electron chi connectivity index (χ3n) is 5.87. The summed E-state index contributed by atoms with van der Waals surface area (Å²) in [4.78, 5) is 65.7. The number of alkyl carbamates (subject to hydrolysis) is 1. The molecule has 0 aromatic heterocycles. The minimum absolute atomic E-state index is 0.0221. The van der Waals surface area contributed by atoms with E-state index in [4.69, 9.17) is 21.9 Å². The zero-order valence-corrected chi connectivity index (χ0v) is 23.6. The molecular weight excluding hydrogens is 544 g/mol. The minimum Gasteiger partial charge on any atom is -0.445 e. The molecule has 14 nitrogen and oxygen atoms in total. The van der Waals surface area contributed by atoms with E-state index >= 15 is 0 Å². The molecule has 10 N–H and O–H groups in total. The van der Waals surface area contributed by atoms with E-state index in [0.29, 0.717) is 17.7 Å². The quantitative estimate of drug-likeness (QED) is 0.0856. The summed E-state index contributed by atoms with van der Waals surface area (Å²) in [6.07, 6.45) is -0.242. The van der Waals surface area contributed by atoms with Gasteiger partial charge in [0.2, 0.25) is 23.6 Å². The van der Waals surface area contributed by atoms with Crippen molar-refractivity contribution in [2.24, 2.45) is 22.2 Å². The summed E-state index contributed by atoms with van der Waals surface area (Å²) in [6.45, 7) is 3.16. The van der Waals surface area contributed by atoms with Gasteiger partial charge < -0.3 is 43.2 Å². The fourth-order valence-corrected chi connectivity index (χ4v) is 3.61. The fourth-order valence-electron chi connectivity index (χ4n) is 3.61. The van der Waals surface area contributed by atoms with Crippen LogP contribution in [0.1, 0.15) is 37.8 Å². The van der Waals surface area contributed by atoms with Crippen LogP contribution in [0.4, 0.5) is 10.5 Å². The van der Waals surface area contributed by atoms with Gasteiger partial charge >= 0.3 is 6.09 Å². The first-order valence-electron chi connectivity index (χ1n) is 13.3. The minimum atomic E-state index is -1.06. The third kappa shape index (κ3) is 12.4. The monoisotopic (exact) mass is 582 g/mol. The molecule has 0 spiro atoms. The molecule has 0 saturated heterocycles. The highest BCUT2D eigenvalue weighted by molar-refractivity contribution is 5.98. The summed E-state index contributed by atoms with van der Waals surface area (Å²) in [5.41, 5.74) is 17.8. The number of ether oxygens (including phenoxy) is 1. The number of benzene rings is 2. The number of primary amides is 1. The van der Waals surface area contributed by atoms with Crippen molar-refractivity contribution in [3.8, 4) is 0 Å². The lowest BCUT2D eigenvalue weighted by Crippen LogP contribution is -2.55. The average Bonchev–Trinajstić information content (AvgIpc) is 2.94. The molecule has 3 atom stereocenters. The van der Waals surface area contributed by atoms with Gasteiger partial charge in [0.05, 0.1) is 6.42 Å². The van der Waals surface area contributed by atoms with Gasteiger partial charge in [-0.2, -0.15) is 0 Å². The molecule has 0 heterocycles. The standard InChI is InChI=1S/C28H38N8O6/c1-17(24(38)35-21-12-10-19(11-13-21)15-23(29)37)33-26(40)22(9-6-14-32-27(30)31)36-25(39)18(2)34-28(41)42-16-20-7-4-3-5-8-20/h3-5,7-8,10-13,17-18,22H,6,9,14-16H2,1-2H3,(H2,29,37)(H,33,40)(H,34,41)(H,35,38)(H,36,39)(H4,30,31,32)/t17-,18-,22-/m0/s1. The Balaban J connectivity index is 1.95. The van der Waals surface area contributed by atoms with Gasteiger partial charge in [-0.1, -0.05) is 42.5 Å². The molecule has 0 aliphatic heterocycles. The molecule has 0 unspecified atom stereocenters. The second kappa shape index (κ2) is 16.8. The van der Waals surface area contributed by atoms with Gasteiger partial charge in [0.1, 0.15) is 24.7 Å². The van der Waals surface area contributed by atoms with Gasteiger partial charge in [0.25, 0.3) is 0 Å². The van der Waals surface area contributed by atoms with Crippen LogP contribution in [-0.2, 0) is 36.9 Å². The molecule has 2 rings (SSSR count). The Morgan fingerprint density at radius 1 is 0.786 bits per heavy atom. The number of hydrogen-bond donors (Lipinski definition) is 7. The van der Waals surface area contributed by atoms with Crippen molar-refractivity contribution in [1.82, 2.24) is 16.0 Å². The Morgan fingerprint density at radius 2 is 1.43 bits per heavy atom. The Bertz CT molecular complexity index is 1250. The Labute approximate surface area is 243 Å². The van der Waals surface area contributed by atoms with E-state index in [1.807, 2.05) is 6.07 Å². The van der Waals surface area contributed by atoms with Crippen LogP contribution in [-0.4, -0.2) is 60.4 Å². The number of aliphatic imine (C=N–C) groups is 1. The van der Waals surface area contributed by atoms with E-state index in [9.17, 15) is 24.0 Å². The van der Waals surface area contributed by atoms with Crippen LogP contribution >= 0.6 is 0 Å². The van der Waals surface area contributed by atoms with Gasteiger partial charge in [-0.05, 0) is 49.9 Å². The Hall–Kier alpha value is -5.14. The Morgan fingerprint density at radius 3 is 2.05 bits per heavy atom. The molecule has 0 aliphatic carbocycles. The zero-order chi connectivity index (χ0) is 31.1. The summed E-state index contributed by atoms with van der Waals surface area (Å²) in [6, 6.07) is 12.5. The van der Waals surface area contributed by atoms with Crippen LogP contribution in [0.3, 0.4) is 0 Å². The van der Waals surface area contributed by atoms with Crippen molar-refractivity contribution in [2.75, 3.05) is 11.9 Å². The van der Waals surface area contributed by atoms with Crippen molar-refractivity contribution >= 4 is 41.4 Å². The summed E-state index contributed by atoms with van der Waals surface area (Å²) in [5, 5.41) is 10.3. The van der Waals surface area contributed by atoms with Crippen molar-refractivity contribution in [1.29, 1.82) is 0 Å². The average molecular weight is 583 g/mol. The Kier molecular flexibility index (Phi) is 13.3. The van der Waals surface area contributed by atoms with Crippen LogP contribution in [0.15, 0.2) is 59.6 Å². The van der Waals surface area contributed by atoms with E-state index in [-0.39, 0.29) is 32.0 Å². The van der Waals surface area contributed by atoms with Crippen molar-refractivity contribution in [2.45, 2.75) is 57.8 Å². The highest BCUT2D eigenvalue weighted by atomic mass is 16.5. The van der Waals surface area contributed by atoms with Crippen molar-refractivity contribution < 1.29 is 28.7 Å². The predicted molar refractivity (Wildman–Crippen MR) is 157 cm³/mol. The lowest BCUT2D eigenvalue weighted by Gasteiger charge is -2.23. The maximum Gasteiger partial charge on any atom is 0.408 e. The van der Waals surface area contributed by atoms with Crippen LogP contribution in [0.2, 0.25) is 0 Å². The number of guanidine groups is 1. The number of rotatable bonds is 15. The molecule has 14 heteroatoms. The molecule has 0 fully saturated rings. The first-order chi connectivity index (χ1) is 19.9. The number of anilines is 1. The number of nitrogens with two attached hydrogens (primary N) is 3. The van der Waals surface area contributed by atoms with E-state index in [1.54, 1.807) is 48.5 Å². The third-order valence-corrected chi connectivity index (χ3v) is 5.87. The molecule has 0 bridgehead atoms. The number of nitrogens with one attached hydrogen (secondary N) is 4. The molecule has 0 saturated carbocycles. The number of amides is 5. The molecule has 226 valence electrons. The maximum absolute atomic E-state index is 13.1. The molecule has 5 amide bonds. The number of hydrogen-bond acceptors (Lipinski definition) is 7. The highest BCUT2D eigenvalue weighted by Crippen LogP contribution is 2.11. The van der Waals surface area contributed by atoms with E-state index in [2.05, 4.69) is 26.3 Å². The van der Waals surface area contributed by atoms with Gasteiger partial charge in [0, 0.05) is 12.2 Å². The van der Waals surface area contributed by atoms with E-state index < -0.39 is 47.8 Å². The molecule has 0 radical (unpaired) electrons. The number of carbonyl (C=O) groups is 5. The second-order valence-electron chi connectivity index (χ2n) is 9.50. The van der Waals surface area contributed by atoms with Crippen LogP contribution < -0.4 is 38.5 Å². The summed E-state index contributed by atoms with van der Waals surface area (Å²) < 4.78 is 5.14. The van der Waals surface area contributed by atoms with Crippen LogP contribution in [0.25, 0.3) is 0 Å². The molecule has 0 aliphatic rings. The van der Waals surface area contributed by atoms with Gasteiger partial charge in [0.15, 0.2) is 5.96 Å². The van der Waals surface area contributed by atoms with Crippen molar-refractivity contribution in [3.63, 3.8) is 0 Å². The molecule has 2 aromatic rings. The second-order valence-corrected chi connectivity index (χ2v) is 9.50. The topological polar surface area (TPSA) is 233 Å². The maximum atomic E-state index is 13.1. The van der Waals surface area contributed by atoms with Gasteiger partial charge in [-0.3, -0.25) is 24.2 Å². The fraction of sp³-hybridized carbons (Fsp3) is 0.357. The molecular formula is C28H38N8O6. The number of carbonyl (C=O) groups excluding carboxylic acids is 5. The van der Waals surface area contributed by atoms with Crippen LogP contribution in [0.5, 0.6) is 0 Å². The summed E-state index contributed by atoms with van der Waals surface area (Å²) >= 11 is 0. The first kappa shape index (κ1) is 33.1. The lowest BCUT2D eigenvalue weighted by molar-refractivity contribution is -0.131. The van der Waals surface area contributed by atoms with Gasteiger partial charge in [-0.15, -0.1) is 0 Å². The predicted octanol–water partition coefficient (Wildman–Crippen LogP) is 0.0109. The summed E-state index contributed by atoms with van der Waals surface area (Å²) in [5.74, 6) is -2.35. The van der Waals surface area contributed by atoms with E-state index in [0.717, 1.165) is 5.56 Å². The van der Waals surface area contributed by atoms with Gasteiger partial charge in [-0.25, -0.2) is 4.79 Å². The molecule has 2 aromatic carbocycles. The SMILES string of the molecule is C[C@H](NC(=O)OCc1ccccc1)C(=O)N[C@@H](CCCN=C(N)N)C(=O)N[C@@H](C)C(=O)Nc1ccc(CC(N)=O)cc1. The lowest BCUT2D eigenvalue weighted by atomic mass is 10.1. The van der Waals surface area contributed by atoms with Crippen LogP contribution in [0, 0.1) is 0 Å². The van der Waals surface area contributed by atoms with Crippen molar-refractivity contribution in [3.05, 3.63) is 65.7 Å². The largest absolute Gasteiger partial charge is 0.445 e. The zero-order valence-electron chi connectivity index (χ0n) is 23.6. The first-order valence-corrected chi connectivity index (χ1v) is 13.3. The number of nitrogens with zero attached hydrogens (tertiary/aromatic N) is 1. The van der Waals surface area contributed by atoms with E-state index in [1.165, 1.54) is 13.8 Å². The normalized spacial score (nSPS) is 12.5. The summed E-state index contributed by atoms with van der Waals surface area (Å²) in [7, 11) is 0. The molecule has 42 heavy (non-hydrogen) atoms. The smallest absolute Gasteiger partial charge is 0.408 e.